The Morgan fingerprint density at radius 2 is 1.29 bits per heavy atom. The lowest BCUT2D eigenvalue weighted by atomic mass is 10.1. The Kier molecular flexibility index (Phi) is 4.08. The standard InChI is InChI=1S/C24H15N3S/c25-16-17-8-7-10-19(26-17)18-9-1-2-11-20(18)27-21-12-3-5-14-23(21)28-24-15-6-4-13-22(24)27/h1-15H. The molecule has 4 aromatic rings. The maximum atomic E-state index is 9.26. The van der Waals surface area contributed by atoms with E-state index in [1.807, 2.05) is 24.3 Å². The van der Waals surface area contributed by atoms with Crippen LogP contribution < -0.4 is 4.90 Å². The number of benzene rings is 3. The average Bonchev–Trinajstić information content (AvgIpc) is 2.77. The van der Waals surface area contributed by atoms with Gasteiger partial charge in [-0.2, -0.15) is 5.26 Å². The molecule has 2 heterocycles. The molecular weight excluding hydrogens is 362 g/mol. The molecule has 0 unspecified atom stereocenters. The van der Waals surface area contributed by atoms with Gasteiger partial charge in [-0.05, 0) is 42.5 Å². The number of fused-ring (bicyclic) bond motifs is 2. The molecule has 1 aliphatic heterocycles. The second kappa shape index (κ2) is 6.88. The molecule has 0 bridgehead atoms. The van der Waals surface area contributed by atoms with Gasteiger partial charge in [0.25, 0.3) is 0 Å². The summed E-state index contributed by atoms with van der Waals surface area (Å²) in [6.07, 6.45) is 0. The second-order valence-electron chi connectivity index (χ2n) is 6.41. The van der Waals surface area contributed by atoms with Crippen LogP contribution in [0.25, 0.3) is 11.3 Å². The van der Waals surface area contributed by atoms with Crippen LogP contribution in [0, 0.1) is 11.3 Å². The number of nitrogens with zero attached hydrogens (tertiary/aromatic N) is 3. The van der Waals surface area contributed by atoms with E-state index in [2.05, 4.69) is 76.6 Å². The molecule has 4 heteroatoms. The average molecular weight is 377 g/mol. The Bertz CT molecular complexity index is 1180. The molecule has 1 aliphatic rings. The maximum absolute atomic E-state index is 9.26. The summed E-state index contributed by atoms with van der Waals surface area (Å²) in [5.74, 6) is 0. The summed E-state index contributed by atoms with van der Waals surface area (Å²) in [6.45, 7) is 0. The summed E-state index contributed by atoms with van der Waals surface area (Å²) < 4.78 is 0. The normalized spacial score (nSPS) is 12.0. The fourth-order valence-electron chi connectivity index (χ4n) is 3.50. The third kappa shape index (κ3) is 2.74. The molecule has 3 nitrogen and oxygen atoms in total. The van der Waals surface area contributed by atoms with Crippen LogP contribution in [0.15, 0.2) is 101 Å². The van der Waals surface area contributed by atoms with Crippen molar-refractivity contribution in [2.75, 3.05) is 4.90 Å². The number of hydrogen-bond acceptors (Lipinski definition) is 4. The van der Waals surface area contributed by atoms with Gasteiger partial charge >= 0.3 is 0 Å². The first-order valence-electron chi connectivity index (χ1n) is 8.98. The Balaban J connectivity index is 1.76. The van der Waals surface area contributed by atoms with Gasteiger partial charge in [0.1, 0.15) is 11.8 Å². The SMILES string of the molecule is N#Cc1cccc(-c2ccccc2N2c3ccccc3Sc3ccccc32)n1. The molecule has 0 saturated carbocycles. The van der Waals surface area contributed by atoms with Crippen LogP contribution in [0.2, 0.25) is 0 Å². The molecule has 5 rings (SSSR count). The highest BCUT2D eigenvalue weighted by molar-refractivity contribution is 7.99. The first kappa shape index (κ1) is 16.6. The van der Waals surface area contributed by atoms with Crippen molar-refractivity contribution in [2.45, 2.75) is 9.79 Å². The lowest BCUT2D eigenvalue weighted by Gasteiger charge is -2.34. The largest absolute Gasteiger partial charge is 0.308 e. The fraction of sp³-hybridized carbons (Fsp3) is 0. The smallest absolute Gasteiger partial charge is 0.141 e. The number of hydrogen-bond donors (Lipinski definition) is 0. The number of anilines is 3. The molecule has 0 radical (unpaired) electrons. The predicted molar refractivity (Wildman–Crippen MR) is 113 cm³/mol. The molecule has 0 aliphatic carbocycles. The fourth-order valence-corrected chi connectivity index (χ4v) is 4.55. The summed E-state index contributed by atoms with van der Waals surface area (Å²) in [4.78, 5) is 9.26. The van der Waals surface area contributed by atoms with Crippen molar-refractivity contribution < 1.29 is 0 Å². The molecule has 132 valence electrons. The number of para-hydroxylation sites is 3. The summed E-state index contributed by atoms with van der Waals surface area (Å²) in [5, 5.41) is 9.26. The molecule has 28 heavy (non-hydrogen) atoms. The molecule has 0 amide bonds. The van der Waals surface area contributed by atoms with E-state index in [9.17, 15) is 5.26 Å². The zero-order valence-corrected chi connectivity index (χ0v) is 15.7. The van der Waals surface area contributed by atoms with E-state index < -0.39 is 0 Å². The van der Waals surface area contributed by atoms with Crippen LogP contribution in [0.5, 0.6) is 0 Å². The van der Waals surface area contributed by atoms with Gasteiger partial charge in [0.2, 0.25) is 0 Å². The number of aromatic nitrogens is 1. The zero-order valence-electron chi connectivity index (χ0n) is 14.9. The van der Waals surface area contributed by atoms with Gasteiger partial charge in [0.15, 0.2) is 0 Å². The van der Waals surface area contributed by atoms with Crippen molar-refractivity contribution in [1.82, 2.24) is 4.98 Å². The zero-order chi connectivity index (χ0) is 18.9. The third-order valence-electron chi connectivity index (χ3n) is 4.72. The Morgan fingerprint density at radius 1 is 0.679 bits per heavy atom. The first-order valence-corrected chi connectivity index (χ1v) is 9.79. The molecule has 0 spiro atoms. The maximum Gasteiger partial charge on any atom is 0.141 e. The van der Waals surface area contributed by atoms with Gasteiger partial charge in [0, 0.05) is 15.4 Å². The minimum absolute atomic E-state index is 0.419. The van der Waals surface area contributed by atoms with E-state index in [0.717, 1.165) is 28.3 Å². The van der Waals surface area contributed by atoms with Crippen LogP contribution in [-0.2, 0) is 0 Å². The highest BCUT2D eigenvalue weighted by atomic mass is 32.2. The monoisotopic (exact) mass is 377 g/mol. The van der Waals surface area contributed by atoms with Crippen molar-refractivity contribution in [3.05, 3.63) is 96.7 Å². The Morgan fingerprint density at radius 3 is 1.96 bits per heavy atom. The lowest BCUT2D eigenvalue weighted by molar-refractivity contribution is 1.16. The number of nitriles is 1. The van der Waals surface area contributed by atoms with Crippen LogP contribution >= 0.6 is 11.8 Å². The van der Waals surface area contributed by atoms with Crippen molar-refractivity contribution in [3.8, 4) is 17.3 Å². The van der Waals surface area contributed by atoms with Crippen molar-refractivity contribution in [3.63, 3.8) is 0 Å². The van der Waals surface area contributed by atoms with Crippen LogP contribution in [0.1, 0.15) is 5.69 Å². The van der Waals surface area contributed by atoms with Crippen molar-refractivity contribution in [1.29, 1.82) is 5.26 Å². The van der Waals surface area contributed by atoms with Gasteiger partial charge in [-0.25, -0.2) is 4.98 Å². The number of rotatable bonds is 2. The second-order valence-corrected chi connectivity index (χ2v) is 7.49. The van der Waals surface area contributed by atoms with Crippen molar-refractivity contribution >= 4 is 28.8 Å². The summed E-state index contributed by atoms with van der Waals surface area (Å²) in [7, 11) is 0. The van der Waals surface area contributed by atoms with Crippen LogP contribution in [-0.4, -0.2) is 4.98 Å². The Labute approximate surface area is 167 Å². The molecule has 0 atom stereocenters. The topological polar surface area (TPSA) is 39.9 Å². The quantitative estimate of drug-likeness (QED) is 0.349. The van der Waals surface area contributed by atoms with Crippen LogP contribution in [0.3, 0.4) is 0 Å². The van der Waals surface area contributed by atoms with Gasteiger partial charge < -0.3 is 4.90 Å². The summed E-state index contributed by atoms with van der Waals surface area (Å²) in [5.41, 5.74) is 5.55. The summed E-state index contributed by atoms with van der Waals surface area (Å²) >= 11 is 1.79. The van der Waals surface area contributed by atoms with Gasteiger partial charge in [0.05, 0.1) is 22.8 Å². The molecule has 0 fully saturated rings. The van der Waals surface area contributed by atoms with Crippen LogP contribution in [0.4, 0.5) is 17.1 Å². The molecule has 3 aromatic carbocycles. The van der Waals surface area contributed by atoms with E-state index in [1.54, 1.807) is 17.8 Å². The number of pyridine rings is 1. The molecule has 0 saturated heterocycles. The van der Waals surface area contributed by atoms with Gasteiger partial charge in [-0.1, -0.05) is 60.3 Å². The van der Waals surface area contributed by atoms with Gasteiger partial charge in [-0.3, -0.25) is 0 Å². The molecule has 0 N–H and O–H groups in total. The Hall–Kier alpha value is -3.55. The minimum Gasteiger partial charge on any atom is -0.308 e. The van der Waals surface area contributed by atoms with E-state index in [1.165, 1.54) is 9.79 Å². The predicted octanol–water partition coefficient (Wildman–Crippen LogP) is 6.55. The van der Waals surface area contributed by atoms with E-state index >= 15 is 0 Å². The molecule has 1 aromatic heterocycles. The summed E-state index contributed by atoms with van der Waals surface area (Å²) in [6, 6.07) is 32.8. The third-order valence-corrected chi connectivity index (χ3v) is 5.85. The first-order chi connectivity index (χ1) is 13.8. The highest BCUT2D eigenvalue weighted by Crippen LogP contribution is 2.52. The van der Waals surface area contributed by atoms with E-state index in [-0.39, 0.29) is 0 Å². The molecular formula is C24H15N3S. The highest BCUT2D eigenvalue weighted by Gasteiger charge is 2.26. The lowest BCUT2D eigenvalue weighted by Crippen LogP contribution is -2.15. The van der Waals surface area contributed by atoms with E-state index in [0.29, 0.717) is 5.69 Å². The van der Waals surface area contributed by atoms with E-state index in [4.69, 9.17) is 0 Å². The minimum atomic E-state index is 0.419. The van der Waals surface area contributed by atoms with Gasteiger partial charge in [-0.15, -0.1) is 0 Å². The van der Waals surface area contributed by atoms with Crippen molar-refractivity contribution in [2.24, 2.45) is 0 Å².